The van der Waals surface area contributed by atoms with Crippen molar-refractivity contribution in [2.75, 3.05) is 6.61 Å². The number of carbonyl (C=O) groups excluding carboxylic acids is 1. The SMILES string of the molecule is CC=CC(=CC=COCC(F)(F)F)C(NC(=O)Cc1ccc(C2CC2)cc1)c1cn(C)nn1. The molecule has 0 bridgehead atoms. The van der Waals surface area contributed by atoms with Crippen LogP contribution in [-0.4, -0.2) is 33.7 Å². The third kappa shape index (κ3) is 7.93. The van der Waals surface area contributed by atoms with Gasteiger partial charge in [0.2, 0.25) is 5.91 Å². The van der Waals surface area contributed by atoms with Crippen LogP contribution in [0.4, 0.5) is 13.2 Å². The molecule has 0 saturated heterocycles. The van der Waals surface area contributed by atoms with Gasteiger partial charge in [0.05, 0.1) is 24.9 Å². The lowest BCUT2D eigenvalue weighted by Gasteiger charge is -2.18. The number of halogens is 3. The van der Waals surface area contributed by atoms with Crippen LogP contribution in [0.15, 0.2) is 66.6 Å². The van der Waals surface area contributed by atoms with Crippen LogP contribution < -0.4 is 5.32 Å². The first-order valence-corrected chi connectivity index (χ1v) is 10.7. The molecule has 3 rings (SSSR count). The van der Waals surface area contributed by atoms with E-state index in [2.05, 4.69) is 32.5 Å². The average molecular weight is 461 g/mol. The largest absolute Gasteiger partial charge is 0.492 e. The molecule has 1 aliphatic carbocycles. The van der Waals surface area contributed by atoms with Gasteiger partial charge in [0.25, 0.3) is 0 Å². The number of alkyl halides is 3. The number of ether oxygens (including phenoxy) is 1. The summed E-state index contributed by atoms with van der Waals surface area (Å²) >= 11 is 0. The molecule has 1 aromatic carbocycles. The summed E-state index contributed by atoms with van der Waals surface area (Å²) in [6.07, 6.45) is 7.30. The normalized spacial score (nSPS) is 15.8. The molecule has 0 radical (unpaired) electrons. The highest BCUT2D eigenvalue weighted by Crippen LogP contribution is 2.39. The van der Waals surface area contributed by atoms with Gasteiger partial charge in [-0.1, -0.05) is 47.7 Å². The molecule has 1 heterocycles. The molecule has 9 heteroatoms. The monoisotopic (exact) mass is 460 g/mol. The van der Waals surface area contributed by atoms with E-state index in [-0.39, 0.29) is 12.3 Å². The van der Waals surface area contributed by atoms with Crippen LogP contribution in [-0.2, 0) is 23.0 Å². The Labute approximate surface area is 190 Å². The number of amides is 1. The molecule has 2 aromatic rings. The van der Waals surface area contributed by atoms with Gasteiger partial charge in [0.15, 0.2) is 6.61 Å². The highest BCUT2D eigenvalue weighted by Gasteiger charge is 2.27. The summed E-state index contributed by atoms with van der Waals surface area (Å²) in [4.78, 5) is 12.8. The summed E-state index contributed by atoms with van der Waals surface area (Å²) < 4.78 is 42.8. The maximum Gasteiger partial charge on any atom is 0.422 e. The first-order chi connectivity index (χ1) is 15.7. The molecule has 1 amide bonds. The number of nitrogens with zero attached hydrogens (tertiary/aromatic N) is 3. The molecule has 6 nitrogen and oxygen atoms in total. The minimum absolute atomic E-state index is 0.190. The van der Waals surface area contributed by atoms with Crippen LogP contribution in [0, 0.1) is 0 Å². The number of benzene rings is 1. The fourth-order valence-corrected chi connectivity index (χ4v) is 3.34. The smallest absolute Gasteiger partial charge is 0.422 e. The van der Waals surface area contributed by atoms with Crippen LogP contribution in [0.3, 0.4) is 0 Å². The Bertz CT molecular complexity index is 1020. The van der Waals surface area contributed by atoms with Gasteiger partial charge in [-0.3, -0.25) is 9.48 Å². The maximum atomic E-state index is 12.8. The second-order valence-corrected chi connectivity index (χ2v) is 7.93. The lowest BCUT2D eigenvalue weighted by atomic mass is 10.0. The Hall–Kier alpha value is -3.36. The molecule has 176 valence electrons. The van der Waals surface area contributed by atoms with E-state index in [1.165, 1.54) is 29.2 Å². The lowest BCUT2D eigenvalue weighted by molar-refractivity contribution is -0.161. The van der Waals surface area contributed by atoms with Crippen LogP contribution in [0.25, 0.3) is 0 Å². The summed E-state index contributed by atoms with van der Waals surface area (Å²) in [6, 6.07) is 7.43. The van der Waals surface area contributed by atoms with E-state index in [0.29, 0.717) is 17.2 Å². The Morgan fingerprint density at radius 3 is 2.61 bits per heavy atom. The molecule has 1 aromatic heterocycles. The highest BCUT2D eigenvalue weighted by atomic mass is 19.4. The third-order valence-corrected chi connectivity index (χ3v) is 5.02. The van der Waals surface area contributed by atoms with Gasteiger partial charge in [0, 0.05) is 7.05 Å². The van der Waals surface area contributed by atoms with Crippen molar-refractivity contribution < 1.29 is 22.7 Å². The summed E-state index contributed by atoms with van der Waals surface area (Å²) in [5, 5.41) is 11.0. The molecule has 1 unspecified atom stereocenters. The van der Waals surface area contributed by atoms with E-state index in [9.17, 15) is 18.0 Å². The van der Waals surface area contributed by atoms with Gasteiger partial charge in [-0.2, -0.15) is 13.2 Å². The predicted octanol–water partition coefficient (Wildman–Crippen LogP) is 4.69. The van der Waals surface area contributed by atoms with E-state index >= 15 is 0 Å². The number of hydrogen-bond donors (Lipinski definition) is 1. The second-order valence-electron chi connectivity index (χ2n) is 7.93. The number of hydrogen-bond acceptors (Lipinski definition) is 4. The molecule has 0 spiro atoms. The standard InChI is InChI=1S/C24H27F3N4O2/c1-3-5-20(6-4-13-33-16-24(25,26)27)23(21-15-31(2)30-29-21)28-22(32)14-17-7-9-18(10-8-17)19-11-12-19/h3-10,13,15,19,23H,11-12,14,16H2,1-2H3,(H,28,32). The van der Waals surface area contributed by atoms with E-state index in [4.69, 9.17) is 0 Å². The van der Waals surface area contributed by atoms with E-state index in [0.717, 1.165) is 11.8 Å². The molecule has 1 atom stereocenters. The number of nitrogens with one attached hydrogen (secondary N) is 1. The minimum atomic E-state index is -4.41. The summed E-state index contributed by atoms with van der Waals surface area (Å²) in [7, 11) is 1.71. The van der Waals surface area contributed by atoms with Crippen molar-refractivity contribution in [3.05, 3.63) is 83.4 Å². The molecule has 0 aliphatic heterocycles. The Balaban J connectivity index is 1.73. The Morgan fingerprint density at radius 2 is 2.03 bits per heavy atom. The van der Waals surface area contributed by atoms with Crippen molar-refractivity contribution in [3.8, 4) is 0 Å². The molecule has 33 heavy (non-hydrogen) atoms. The van der Waals surface area contributed by atoms with Crippen molar-refractivity contribution in [3.63, 3.8) is 0 Å². The highest BCUT2D eigenvalue weighted by molar-refractivity contribution is 5.79. The third-order valence-electron chi connectivity index (χ3n) is 5.02. The van der Waals surface area contributed by atoms with Crippen molar-refractivity contribution in [1.29, 1.82) is 0 Å². The van der Waals surface area contributed by atoms with Gasteiger partial charge < -0.3 is 10.1 Å². The van der Waals surface area contributed by atoms with Crippen LogP contribution in [0.5, 0.6) is 0 Å². The molecule has 1 N–H and O–H groups in total. The Kier molecular flexibility index (Phi) is 8.08. The zero-order valence-electron chi connectivity index (χ0n) is 18.5. The van der Waals surface area contributed by atoms with Gasteiger partial charge in [0.1, 0.15) is 5.69 Å². The first-order valence-electron chi connectivity index (χ1n) is 10.7. The average Bonchev–Trinajstić information content (AvgIpc) is 3.51. The number of aromatic nitrogens is 3. The van der Waals surface area contributed by atoms with Crippen molar-refractivity contribution in [2.24, 2.45) is 7.05 Å². The van der Waals surface area contributed by atoms with Gasteiger partial charge in [-0.25, -0.2) is 0 Å². The van der Waals surface area contributed by atoms with Gasteiger partial charge in [-0.15, -0.1) is 5.10 Å². The zero-order chi connectivity index (χ0) is 23.8. The maximum absolute atomic E-state index is 12.8. The van der Waals surface area contributed by atoms with Crippen LogP contribution in [0.1, 0.15) is 48.5 Å². The quantitative estimate of drug-likeness (QED) is 0.413. The van der Waals surface area contributed by atoms with E-state index in [1.54, 1.807) is 38.4 Å². The minimum Gasteiger partial charge on any atom is -0.492 e. The molecule has 1 aliphatic rings. The molecule has 1 fully saturated rings. The van der Waals surface area contributed by atoms with Crippen molar-refractivity contribution in [1.82, 2.24) is 20.3 Å². The van der Waals surface area contributed by atoms with Crippen molar-refractivity contribution >= 4 is 5.91 Å². The van der Waals surface area contributed by atoms with Crippen LogP contribution >= 0.6 is 0 Å². The number of aryl methyl sites for hydroxylation is 1. The fraction of sp³-hybridized carbons (Fsp3) is 0.375. The topological polar surface area (TPSA) is 69.0 Å². The van der Waals surface area contributed by atoms with E-state index in [1.807, 2.05) is 12.1 Å². The molecule has 1 saturated carbocycles. The number of carbonyl (C=O) groups is 1. The number of allylic oxidation sites excluding steroid dienone is 3. The van der Waals surface area contributed by atoms with Gasteiger partial charge in [-0.05, 0) is 48.5 Å². The first kappa shape index (κ1) is 24.3. The van der Waals surface area contributed by atoms with Gasteiger partial charge >= 0.3 is 6.18 Å². The molecular formula is C24H27F3N4O2. The second kappa shape index (κ2) is 11.0. The summed E-state index contributed by atoms with van der Waals surface area (Å²) in [5.74, 6) is 0.438. The van der Waals surface area contributed by atoms with Crippen LogP contribution in [0.2, 0.25) is 0 Å². The lowest BCUT2D eigenvalue weighted by Crippen LogP contribution is -2.31. The number of rotatable bonds is 10. The molecular weight excluding hydrogens is 433 g/mol. The summed E-state index contributed by atoms with van der Waals surface area (Å²) in [6.45, 7) is 0.425. The Morgan fingerprint density at radius 1 is 1.30 bits per heavy atom. The fourth-order valence-electron chi connectivity index (χ4n) is 3.34. The zero-order valence-corrected chi connectivity index (χ0v) is 18.5. The predicted molar refractivity (Wildman–Crippen MR) is 118 cm³/mol. The van der Waals surface area contributed by atoms with E-state index < -0.39 is 18.8 Å². The van der Waals surface area contributed by atoms with Crippen molar-refractivity contribution in [2.45, 2.75) is 44.3 Å². The summed E-state index contributed by atoms with van der Waals surface area (Å²) in [5.41, 5.74) is 3.31.